The van der Waals surface area contributed by atoms with E-state index in [9.17, 15) is 62.9 Å². The molecule has 2 nitrogen and oxygen atoms in total. The number of hydrogen-bond acceptors (Lipinski definition) is 2. The Morgan fingerprint density at radius 1 is 0.548 bits per heavy atom. The van der Waals surface area contributed by atoms with Gasteiger partial charge in [-0.1, -0.05) is 6.92 Å². The van der Waals surface area contributed by atoms with E-state index >= 15 is 0 Å². The number of aliphatic hydroxyl groups is 2. The second-order valence-corrected chi connectivity index (χ2v) is 9.79. The van der Waals surface area contributed by atoms with Gasteiger partial charge >= 0.3 is 24.7 Å². The van der Waals surface area contributed by atoms with Gasteiger partial charge in [-0.3, -0.25) is 0 Å². The Morgan fingerprint density at radius 3 is 1.06 bits per heavy atom. The van der Waals surface area contributed by atoms with Crippen molar-refractivity contribution in [3.8, 4) is 0 Å². The van der Waals surface area contributed by atoms with Crippen molar-refractivity contribution >= 4 is 0 Å². The van der Waals surface area contributed by atoms with Crippen LogP contribution in [0.5, 0.6) is 0 Å². The smallest absolute Gasteiger partial charge is 0.373 e. The van der Waals surface area contributed by atoms with Gasteiger partial charge in [-0.2, -0.15) is 52.7 Å². The highest BCUT2D eigenvalue weighted by Gasteiger charge is 2.88. The van der Waals surface area contributed by atoms with Crippen molar-refractivity contribution in [1.29, 1.82) is 0 Å². The summed E-state index contributed by atoms with van der Waals surface area (Å²) in [5.74, 6) is -1.41. The molecule has 0 aromatic heterocycles. The first-order valence-electron chi connectivity index (χ1n) is 9.12. The largest absolute Gasteiger partial charge is 0.426 e. The average molecular weight is 482 g/mol. The van der Waals surface area contributed by atoms with Crippen molar-refractivity contribution in [3.05, 3.63) is 0 Å². The fourth-order valence-corrected chi connectivity index (χ4v) is 7.25. The maximum Gasteiger partial charge on any atom is 0.426 e. The minimum Gasteiger partial charge on any atom is -0.373 e. The lowest BCUT2D eigenvalue weighted by Gasteiger charge is -2.71. The van der Waals surface area contributed by atoms with Crippen molar-refractivity contribution in [3.63, 3.8) is 0 Å². The minimum absolute atomic E-state index is 0.214. The van der Waals surface area contributed by atoms with Crippen LogP contribution in [0, 0.1) is 22.2 Å². The van der Waals surface area contributed by atoms with Crippen molar-refractivity contribution in [2.45, 2.75) is 81.4 Å². The zero-order valence-electron chi connectivity index (χ0n) is 15.7. The first-order chi connectivity index (χ1) is 13.4. The van der Waals surface area contributed by atoms with Crippen molar-refractivity contribution in [2.75, 3.05) is 0 Å². The molecule has 0 aromatic carbocycles. The van der Waals surface area contributed by atoms with Crippen molar-refractivity contribution in [1.82, 2.24) is 0 Å². The Kier molecular flexibility index (Phi) is 4.74. The quantitative estimate of drug-likeness (QED) is 0.498. The van der Waals surface area contributed by atoms with Gasteiger partial charge in [-0.25, -0.2) is 0 Å². The first kappa shape index (κ1) is 24.7. The molecule has 4 rings (SSSR count). The fourth-order valence-electron chi connectivity index (χ4n) is 7.25. The lowest BCUT2D eigenvalue weighted by molar-refractivity contribution is -0.454. The van der Waals surface area contributed by atoms with Crippen LogP contribution in [0.3, 0.4) is 0 Å². The molecule has 4 aliphatic rings. The predicted molar refractivity (Wildman–Crippen MR) is 78.3 cm³/mol. The minimum atomic E-state index is -6.43. The number of rotatable bonds is 2. The SMILES string of the molecule is CC12CC3CC(C(O)(C(F)(F)F)C(F)(F)F)(C1)CC(C(O)(C(F)(F)F)C(F)(F)F)(C3)C2. The summed E-state index contributed by atoms with van der Waals surface area (Å²) in [4.78, 5) is 0. The maximum absolute atomic E-state index is 13.6. The molecule has 2 unspecified atom stereocenters. The summed E-state index contributed by atoms with van der Waals surface area (Å²) in [7, 11) is 0. The second-order valence-electron chi connectivity index (χ2n) is 9.79. The highest BCUT2D eigenvalue weighted by Crippen LogP contribution is 2.79. The normalized spacial score (nSPS) is 37.5. The third-order valence-electron chi connectivity index (χ3n) is 7.52. The summed E-state index contributed by atoms with van der Waals surface area (Å²) in [5.41, 5.74) is -19.7. The molecular formula is C17H18F12O2. The summed E-state index contributed by atoms with van der Waals surface area (Å²) in [6.45, 7) is 1.00. The van der Waals surface area contributed by atoms with E-state index in [2.05, 4.69) is 0 Å². The van der Waals surface area contributed by atoms with Crippen LogP contribution in [0.25, 0.3) is 0 Å². The van der Waals surface area contributed by atoms with E-state index < -0.39 is 90.2 Å². The summed E-state index contributed by atoms with van der Waals surface area (Å²) in [6.07, 6.45) is -32.2. The zero-order chi connectivity index (χ0) is 24.3. The summed E-state index contributed by atoms with van der Waals surface area (Å²) < 4.78 is 164. The summed E-state index contributed by atoms with van der Waals surface area (Å²) in [6, 6.07) is 0. The van der Waals surface area contributed by atoms with Gasteiger partial charge in [0.15, 0.2) is 0 Å². The van der Waals surface area contributed by atoms with Gasteiger partial charge in [0.05, 0.1) is 0 Å². The number of alkyl halides is 12. The molecule has 0 heterocycles. The molecule has 2 atom stereocenters. The predicted octanol–water partition coefficient (Wildman–Crippen LogP) is 5.67. The van der Waals surface area contributed by atoms with Crippen LogP contribution in [-0.4, -0.2) is 46.1 Å². The topological polar surface area (TPSA) is 40.5 Å². The molecule has 0 radical (unpaired) electrons. The molecule has 182 valence electrons. The van der Waals surface area contributed by atoms with E-state index in [1.807, 2.05) is 0 Å². The maximum atomic E-state index is 13.6. The number of hydrogen-bond donors (Lipinski definition) is 2. The first-order valence-corrected chi connectivity index (χ1v) is 9.12. The van der Waals surface area contributed by atoms with Gasteiger partial charge in [0.1, 0.15) is 0 Å². The Hall–Kier alpha value is -0.920. The van der Waals surface area contributed by atoms with E-state index in [1.54, 1.807) is 0 Å². The molecule has 0 amide bonds. The summed E-state index contributed by atoms with van der Waals surface area (Å²) >= 11 is 0. The van der Waals surface area contributed by atoms with Gasteiger partial charge in [0.2, 0.25) is 0 Å². The molecule has 31 heavy (non-hydrogen) atoms. The van der Waals surface area contributed by atoms with Crippen molar-refractivity contribution < 1.29 is 62.9 Å². The summed E-state index contributed by atoms with van der Waals surface area (Å²) in [5, 5.41) is 20.1. The molecule has 4 bridgehead atoms. The molecule has 2 N–H and O–H groups in total. The lowest BCUT2D eigenvalue weighted by Crippen LogP contribution is -2.78. The van der Waals surface area contributed by atoms with Gasteiger partial charge in [0.25, 0.3) is 11.2 Å². The van der Waals surface area contributed by atoms with Crippen molar-refractivity contribution in [2.24, 2.45) is 22.2 Å². The molecule has 0 aliphatic heterocycles. The van der Waals surface area contributed by atoms with Gasteiger partial charge < -0.3 is 10.2 Å². The lowest BCUT2D eigenvalue weighted by atomic mass is 9.34. The standard InChI is InChI=1S/C17H18F12O2/c1-9-2-8-3-10(5-9,12(30,14(18,19)20)15(21,22)23)7-11(4-8,6-9)13(31,16(24,25)26)17(27,28)29/h8,30-31H,2-7H2,1H3. The van der Waals surface area contributed by atoms with Gasteiger partial charge in [0, 0.05) is 10.8 Å². The van der Waals surface area contributed by atoms with Crippen LogP contribution in [0.2, 0.25) is 0 Å². The Balaban J connectivity index is 2.32. The van der Waals surface area contributed by atoms with Crippen LogP contribution in [-0.2, 0) is 0 Å². The average Bonchev–Trinajstić information content (AvgIpc) is 2.46. The van der Waals surface area contributed by atoms with E-state index in [-0.39, 0.29) is 6.42 Å². The van der Waals surface area contributed by atoms with Gasteiger partial charge in [-0.05, 0) is 49.9 Å². The van der Waals surface area contributed by atoms with Gasteiger partial charge in [-0.15, -0.1) is 0 Å². The van der Waals surface area contributed by atoms with E-state index in [4.69, 9.17) is 0 Å². The second kappa shape index (κ2) is 5.95. The molecule has 0 saturated heterocycles. The molecule has 4 fully saturated rings. The van der Waals surface area contributed by atoms with E-state index in [0.717, 1.165) is 6.92 Å². The Bertz CT molecular complexity index is 664. The Morgan fingerprint density at radius 2 is 0.839 bits per heavy atom. The van der Waals surface area contributed by atoms with Crippen LogP contribution in [0.4, 0.5) is 52.7 Å². The highest BCUT2D eigenvalue weighted by molar-refractivity contribution is 5.25. The molecule has 0 aromatic rings. The zero-order valence-corrected chi connectivity index (χ0v) is 15.7. The number of halogens is 12. The van der Waals surface area contributed by atoms with E-state index in [0.29, 0.717) is 0 Å². The molecule has 4 aliphatic carbocycles. The third-order valence-corrected chi connectivity index (χ3v) is 7.52. The van der Waals surface area contributed by atoms with Crippen LogP contribution < -0.4 is 0 Å². The highest BCUT2D eigenvalue weighted by atomic mass is 19.4. The van der Waals surface area contributed by atoms with Crippen LogP contribution >= 0.6 is 0 Å². The molecule has 14 heteroatoms. The molecular weight excluding hydrogens is 464 g/mol. The fraction of sp³-hybridized carbons (Fsp3) is 1.00. The molecule has 4 saturated carbocycles. The third kappa shape index (κ3) is 2.88. The monoisotopic (exact) mass is 482 g/mol. The Labute approximate surface area is 167 Å². The van der Waals surface area contributed by atoms with Crippen LogP contribution in [0.15, 0.2) is 0 Å². The van der Waals surface area contributed by atoms with Crippen LogP contribution in [0.1, 0.15) is 45.4 Å². The molecule has 0 spiro atoms. The van der Waals surface area contributed by atoms with E-state index in [1.165, 1.54) is 0 Å².